The van der Waals surface area contributed by atoms with Crippen molar-refractivity contribution in [2.75, 3.05) is 4.90 Å². The van der Waals surface area contributed by atoms with Gasteiger partial charge in [-0.05, 0) is 121 Å². The number of anilines is 3. The molecule has 1 heterocycles. The lowest BCUT2D eigenvalue weighted by molar-refractivity contribution is 0.661. The van der Waals surface area contributed by atoms with Crippen LogP contribution >= 0.6 is 0 Å². The Labute approximate surface area is 284 Å². The van der Waals surface area contributed by atoms with Crippen LogP contribution in [0.1, 0.15) is 25.0 Å². The van der Waals surface area contributed by atoms with Crippen LogP contribution in [0.3, 0.4) is 0 Å². The van der Waals surface area contributed by atoms with E-state index < -0.39 is 0 Å². The van der Waals surface area contributed by atoms with Crippen LogP contribution in [-0.4, -0.2) is 0 Å². The summed E-state index contributed by atoms with van der Waals surface area (Å²) >= 11 is 0. The number of hydrogen-bond acceptors (Lipinski definition) is 2. The minimum atomic E-state index is -0.153. The van der Waals surface area contributed by atoms with Crippen molar-refractivity contribution in [2.24, 2.45) is 0 Å². The molecule has 0 unspecified atom stereocenters. The highest BCUT2D eigenvalue weighted by Gasteiger charge is 2.40. The van der Waals surface area contributed by atoms with Crippen LogP contribution in [0, 0.1) is 0 Å². The zero-order chi connectivity index (χ0) is 32.4. The van der Waals surface area contributed by atoms with Crippen molar-refractivity contribution in [3.63, 3.8) is 0 Å². The van der Waals surface area contributed by atoms with Crippen molar-refractivity contribution in [3.8, 4) is 33.4 Å². The summed E-state index contributed by atoms with van der Waals surface area (Å²) in [7, 11) is 0. The summed E-state index contributed by atoms with van der Waals surface area (Å²) in [4.78, 5) is 2.37. The van der Waals surface area contributed by atoms with E-state index >= 15 is 0 Å². The zero-order valence-electron chi connectivity index (χ0n) is 27.3. The standard InChI is InChI=1S/C47H31NO/c1-47(2)38-22-19-29-20-23-41-46-42(29)45(38)43-37(36-16-9-17-40(49-41)44(36)46)26-32(27-39(43)47)31-12-8-15-34(25-31)48(33-13-4-3-5-14-33)35-21-18-28-10-6-7-11-30(28)24-35/h3-27H,1-2H3. The predicted octanol–water partition coefficient (Wildman–Crippen LogP) is 13.3. The molecule has 2 aliphatic rings. The molecule has 2 aliphatic carbocycles. The molecule has 11 rings (SSSR count). The molecule has 9 aromatic rings. The van der Waals surface area contributed by atoms with E-state index in [0.717, 1.165) is 28.2 Å². The summed E-state index contributed by atoms with van der Waals surface area (Å²) in [5.41, 5.74) is 15.6. The first kappa shape index (κ1) is 26.9. The summed E-state index contributed by atoms with van der Waals surface area (Å²) < 4.78 is 6.52. The van der Waals surface area contributed by atoms with Crippen molar-refractivity contribution < 1.29 is 4.42 Å². The number of furan rings is 1. The third-order valence-corrected chi connectivity index (χ3v) is 11.1. The van der Waals surface area contributed by atoms with Crippen molar-refractivity contribution in [2.45, 2.75) is 19.3 Å². The van der Waals surface area contributed by atoms with Gasteiger partial charge in [-0.25, -0.2) is 0 Å². The summed E-state index contributed by atoms with van der Waals surface area (Å²) in [6, 6.07) is 55.6. The van der Waals surface area contributed by atoms with Crippen LogP contribution in [0.5, 0.6) is 0 Å². The van der Waals surface area contributed by atoms with E-state index in [2.05, 4.69) is 170 Å². The lowest BCUT2D eigenvalue weighted by atomic mass is 9.80. The smallest absolute Gasteiger partial charge is 0.136 e. The van der Waals surface area contributed by atoms with Gasteiger partial charge < -0.3 is 9.32 Å². The Bertz CT molecular complexity index is 2860. The van der Waals surface area contributed by atoms with E-state index in [-0.39, 0.29) is 5.41 Å². The minimum absolute atomic E-state index is 0.153. The molecule has 0 saturated carbocycles. The van der Waals surface area contributed by atoms with Gasteiger partial charge in [-0.1, -0.05) is 105 Å². The van der Waals surface area contributed by atoms with Crippen molar-refractivity contribution in [1.29, 1.82) is 0 Å². The number of rotatable bonds is 4. The minimum Gasteiger partial charge on any atom is -0.456 e. The second-order valence-corrected chi connectivity index (χ2v) is 14.1. The average molecular weight is 626 g/mol. The van der Waals surface area contributed by atoms with E-state index in [1.807, 2.05) is 0 Å². The van der Waals surface area contributed by atoms with E-state index in [4.69, 9.17) is 4.42 Å². The maximum Gasteiger partial charge on any atom is 0.136 e. The zero-order valence-corrected chi connectivity index (χ0v) is 27.3. The third kappa shape index (κ3) is 3.61. The molecule has 0 atom stereocenters. The Hall–Kier alpha value is -6.12. The lowest BCUT2D eigenvalue weighted by Gasteiger charge is -2.27. The maximum absolute atomic E-state index is 6.52. The van der Waals surface area contributed by atoms with Crippen LogP contribution in [0.4, 0.5) is 17.1 Å². The molecule has 49 heavy (non-hydrogen) atoms. The predicted molar refractivity (Wildman–Crippen MR) is 205 cm³/mol. The molecule has 0 spiro atoms. The summed E-state index contributed by atoms with van der Waals surface area (Å²) in [5, 5.41) is 7.54. The quantitative estimate of drug-likeness (QED) is 0.193. The summed E-state index contributed by atoms with van der Waals surface area (Å²) in [5.74, 6) is 0. The topological polar surface area (TPSA) is 16.4 Å². The van der Waals surface area contributed by atoms with Crippen LogP contribution in [0.25, 0.3) is 76.9 Å². The van der Waals surface area contributed by atoms with Gasteiger partial charge in [0.25, 0.3) is 0 Å². The van der Waals surface area contributed by atoms with Gasteiger partial charge in [-0.15, -0.1) is 0 Å². The number of nitrogens with zero attached hydrogens (tertiary/aromatic N) is 1. The van der Waals surface area contributed by atoms with E-state index in [1.54, 1.807) is 0 Å². The maximum atomic E-state index is 6.52. The summed E-state index contributed by atoms with van der Waals surface area (Å²) in [6.45, 7) is 4.78. The fourth-order valence-electron chi connectivity index (χ4n) is 8.82. The fourth-order valence-corrected chi connectivity index (χ4v) is 8.82. The van der Waals surface area contributed by atoms with E-state index in [0.29, 0.717) is 0 Å². The van der Waals surface area contributed by atoms with E-state index in [9.17, 15) is 0 Å². The van der Waals surface area contributed by atoms with Crippen molar-refractivity contribution in [3.05, 3.63) is 163 Å². The van der Waals surface area contributed by atoms with Crippen LogP contribution in [-0.2, 0) is 5.41 Å². The first-order valence-electron chi connectivity index (χ1n) is 17.1. The van der Waals surface area contributed by atoms with E-state index in [1.165, 1.54) is 76.8 Å². The third-order valence-electron chi connectivity index (χ3n) is 11.1. The number of hydrogen-bond donors (Lipinski definition) is 0. The number of fused-ring (bicyclic) bond motifs is 2. The molecular formula is C47H31NO. The molecule has 2 nitrogen and oxygen atoms in total. The van der Waals surface area contributed by atoms with Crippen molar-refractivity contribution in [1.82, 2.24) is 0 Å². The monoisotopic (exact) mass is 625 g/mol. The highest BCUT2D eigenvalue weighted by Crippen LogP contribution is 2.59. The molecule has 0 saturated heterocycles. The molecule has 2 heteroatoms. The average Bonchev–Trinajstić information content (AvgIpc) is 3.59. The first-order chi connectivity index (χ1) is 24.0. The molecule has 0 amide bonds. The summed E-state index contributed by atoms with van der Waals surface area (Å²) in [6.07, 6.45) is 0. The SMILES string of the molecule is CC1(C)c2cc(-c3cccc(N(c4ccccc4)c4ccc5ccccc5c4)c3)cc3c2-c2c1ccc1ccc4oc5cccc-3c5c4c21. The van der Waals surface area contributed by atoms with Gasteiger partial charge in [0.15, 0.2) is 0 Å². The molecular weight excluding hydrogens is 595 g/mol. The highest BCUT2D eigenvalue weighted by atomic mass is 16.3. The van der Waals surface area contributed by atoms with Gasteiger partial charge in [-0.2, -0.15) is 0 Å². The molecule has 1 aromatic heterocycles. The molecule has 8 aromatic carbocycles. The molecule has 0 fully saturated rings. The van der Waals surface area contributed by atoms with Gasteiger partial charge in [-0.3, -0.25) is 0 Å². The van der Waals surface area contributed by atoms with Gasteiger partial charge in [0.05, 0.1) is 0 Å². The van der Waals surface area contributed by atoms with Gasteiger partial charge in [0.1, 0.15) is 11.2 Å². The lowest BCUT2D eigenvalue weighted by Crippen LogP contribution is -2.15. The van der Waals surface area contributed by atoms with Crippen LogP contribution in [0.15, 0.2) is 156 Å². The van der Waals surface area contributed by atoms with Crippen LogP contribution in [0.2, 0.25) is 0 Å². The Morgan fingerprint density at radius 1 is 0.429 bits per heavy atom. The molecule has 0 aliphatic heterocycles. The highest BCUT2D eigenvalue weighted by molar-refractivity contribution is 6.30. The van der Waals surface area contributed by atoms with Crippen molar-refractivity contribution >= 4 is 60.5 Å². The molecule has 0 bridgehead atoms. The second-order valence-electron chi connectivity index (χ2n) is 14.1. The second kappa shape index (κ2) is 9.49. The Balaban J connectivity index is 1.16. The van der Waals surface area contributed by atoms with Crippen LogP contribution < -0.4 is 4.90 Å². The Morgan fingerprint density at radius 3 is 2.06 bits per heavy atom. The number of benzene rings is 8. The first-order valence-corrected chi connectivity index (χ1v) is 17.1. The Morgan fingerprint density at radius 2 is 1.16 bits per heavy atom. The Kier molecular flexibility index (Phi) is 5.21. The fraction of sp³-hybridized carbons (Fsp3) is 0.0638. The molecule has 0 radical (unpaired) electrons. The normalized spacial score (nSPS) is 13.7. The van der Waals surface area contributed by atoms with Gasteiger partial charge in [0, 0.05) is 38.6 Å². The number of para-hydroxylation sites is 1. The largest absolute Gasteiger partial charge is 0.456 e. The molecule has 230 valence electrons. The van der Waals surface area contributed by atoms with Gasteiger partial charge >= 0.3 is 0 Å². The molecule has 0 N–H and O–H groups in total. The van der Waals surface area contributed by atoms with Gasteiger partial charge in [0.2, 0.25) is 0 Å².